The standard InChI is InChI=1S/C14H19ClN4/c1-5-16-13(14-12(15)8-17-19(14)4)11-6-9(2)18-10(3)7-11/h6-8,13,16H,5H2,1-4H3. The van der Waals surface area contributed by atoms with Gasteiger partial charge in [0.1, 0.15) is 0 Å². The van der Waals surface area contributed by atoms with E-state index in [0.29, 0.717) is 5.02 Å². The largest absolute Gasteiger partial charge is 0.305 e. The Balaban J connectivity index is 2.51. The molecule has 0 spiro atoms. The molecule has 19 heavy (non-hydrogen) atoms. The van der Waals surface area contributed by atoms with E-state index in [0.717, 1.165) is 29.2 Å². The molecule has 102 valence electrons. The average Bonchev–Trinajstić information content (AvgIpc) is 2.65. The van der Waals surface area contributed by atoms with Crippen molar-refractivity contribution in [1.82, 2.24) is 20.1 Å². The van der Waals surface area contributed by atoms with E-state index in [-0.39, 0.29) is 6.04 Å². The van der Waals surface area contributed by atoms with Crippen molar-refractivity contribution >= 4 is 11.6 Å². The van der Waals surface area contributed by atoms with Gasteiger partial charge in [0.2, 0.25) is 0 Å². The number of nitrogens with zero attached hydrogens (tertiary/aromatic N) is 3. The fourth-order valence-electron chi connectivity index (χ4n) is 2.35. The lowest BCUT2D eigenvalue weighted by molar-refractivity contribution is 0.571. The third-order valence-electron chi connectivity index (χ3n) is 3.06. The Morgan fingerprint density at radius 2 is 1.95 bits per heavy atom. The van der Waals surface area contributed by atoms with E-state index in [1.165, 1.54) is 0 Å². The Morgan fingerprint density at radius 3 is 2.42 bits per heavy atom. The molecular formula is C14H19ClN4. The monoisotopic (exact) mass is 278 g/mol. The number of rotatable bonds is 4. The van der Waals surface area contributed by atoms with Gasteiger partial charge in [0.15, 0.2) is 0 Å². The minimum atomic E-state index is 0.0328. The molecule has 2 rings (SSSR count). The molecule has 0 fully saturated rings. The molecule has 5 heteroatoms. The van der Waals surface area contributed by atoms with Gasteiger partial charge < -0.3 is 5.32 Å². The quantitative estimate of drug-likeness (QED) is 0.935. The molecule has 0 bridgehead atoms. The summed E-state index contributed by atoms with van der Waals surface area (Å²) in [5.41, 5.74) is 4.17. The minimum Gasteiger partial charge on any atom is -0.305 e. The zero-order valence-corrected chi connectivity index (χ0v) is 12.5. The number of hydrogen-bond donors (Lipinski definition) is 1. The first-order chi connectivity index (χ1) is 9.02. The lowest BCUT2D eigenvalue weighted by atomic mass is 10.0. The third-order valence-corrected chi connectivity index (χ3v) is 3.35. The number of nitrogens with one attached hydrogen (secondary N) is 1. The molecule has 2 aromatic heterocycles. The van der Waals surface area contributed by atoms with Gasteiger partial charge >= 0.3 is 0 Å². The van der Waals surface area contributed by atoms with Crippen molar-refractivity contribution in [2.45, 2.75) is 26.8 Å². The minimum absolute atomic E-state index is 0.0328. The number of aryl methyl sites for hydroxylation is 3. The maximum Gasteiger partial charge on any atom is 0.0837 e. The molecule has 2 heterocycles. The number of halogens is 1. The second kappa shape index (κ2) is 5.72. The van der Waals surface area contributed by atoms with Crippen LogP contribution in [0.5, 0.6) is 0 Å². The highest BCUT2D eigenvalue weighted by molar-refractivity contribution is 6.31. The van der Waals surface area contributed by atoms with E-state index in [4.69, 9.17) is 11.6 Å². The molecule has 0 radical (unpaired) electrons. The van der Waals surface area contributed by atoms with Gasteiger partial charge in [0.05, 0.1) is 23.0 Å². The van der Waals surface area contributed by atoms with Crippen LogP contribution in [0, 0.1) is 13.8 Å². The van der Waals surface area contributed by atoms with Gasteiger partial charge in [-0.3, -0.25) is 9.67 Å². The van der Waals surface area contributed by atoms with Gasteiger partial charge in [-0.05, 0) is 38.1 Å². The molecule has 0 amide bonds. The fraction of sp³-hybridized carbons (Fsp3) is 0.429. The van der Waals surface area contributed by atoms with Crippen LogP contribution in [-0.2, 0) is 7.05 Å². The summed E-state index contributed by atoms with van der Waals surface area (Å²) in [6, 6.07) is 4.21. The highest BCUT2D eigenvalue weighted by Crippen LogP contribution is 2.28. The van der Waals surface area contributed by atoms with Gasteiger partial charge in [-0.1, -0.05) is 18.5 Å². The number of hydrogen-bond acceptors (Lipinski definition) is 3. The number of pyridine rings is 1. The van der Waals surface area contributed by atoms with Crippen LogP contribution in [0.25, 0.3) is 0 Å². The molecule has 0 aromatic carbocycles. The van der Waals surface area contributed by atoms with E-state index in [1.54, 1.807) is 6.20 Å². The lowest BCUT2D eigenvalue weighted by Crippen LogP contribution is -2.25. The van der Waals surface area contributed by atoms with Crippen LogP contribution >= 0.6 is 11.6 Å². The van der Waals surface area contributed by atoms with Crippen LogP contribution in [0.1, 0.15) is 35.6 Å². The normalized spacial score (nSPS) is 12.7. The second-order valence-corrected chi connectivity index (χ2v) is 5.08. The van der Waals surface area contributed by atoms with Crippen molar-refractivity contribution in [2.75, 3.05) is 6.54 Å². The predicted molar refractivity (Wildman–Crippen MR) is 77.4 cm³/mol. The second-order valence-electron chi connectivity index (χ2n) is 4.68. The summed E-state index contributed by atoms with van der Waals surface area (Å²) in [6.45, 7) is 6.94. The van der Waals surface area contributed by atoms with Crippen LogP contribution in [-0.4, -0.2) is 21.3 Å². The summed E-state index contributed by atoms with van der Waals surface area (Å²) >= 11 is 6.27. The van der Waals surface area contributed by atoms with Crippen molar-refractivity contribution in [3.05, 3.63) is 46.0 Å². The molecule has 0 aliphatic carbocycles. The van der Waals surface area contributed by atoms with Crippen LogP contribution in [0.3, 0.4) is 0 Å². The number of aromatic nitrogens is 3. The topological polar surface area (TPSA) is 42.7 Å². The molecular weight excluding hydrogens is 260 g/mol. The Labute approximate surface area is 118 Å². The fourth-order valence-corrected chi connectivity index (χ4v) is 2.63. The molecule has 0 saturated heterocycles. The van der Waals surface area contributed by atoms with E-state index in [1.807, 2.05) is 25.6 Å². The highest BCUT2D eigenvalue weighted by Gasteiger charge is 2.20. The summed E-state index contributed by atoms with van der Waals surface area (Å²) < 4.78 is 1.82. The smallest absolute Gasteiger partial charge is 0.0837 e. The molecule has 4 nitrogen and oxygen atoms in total. The van der Waals surface area contributed by atoms with E-state index in [2.05, 4.69) is 34.5 Å². The van der Waals surface area contributed by atoms with Crippen LogP contribution in [0.15, 0.2) is 18.3 Å². The van der Waals surface area contributed by atoms with Crippen LogP contribution in [0.2, 0.25) is 5.02 Å². The molecule has 0 aliphatic rings. The first-order valence-corrected chi connectivity index (χ1v) is 6.76. The lowest BCUT2D eigenvalue weighted by Gasteiger charge is -2.20. The van der Waals surface area contributed by atoms with E-state index < -0.39 is 0 Å². The predicted octanol–water partition coefficient (Wildman–Crippen LogP) is 2.78. The first kappa shape index (κ1) is 14.0. The third kappa shape index (κ3) is 2.96. The Hall–Kier alpha value is -1.39. The van der Waals surface area contributed by atoms with E-state index >= 15 is 0 Å². The van der Waals surface area contributed by atoms with Crippen molar-refractivity contribution < 1.29 is 0 Å². The average molecular weight is 279 g/mol. The van der Waals surface area contributed by atoms with Gasteiger partial charge in [-0.15, -0.1) is 0 Å². The molecule has 1 N–H and O–H groups in total. The first-order valence-electron chi connectivity index (χ1n) is 6.39. The SMILES string of the molecule is CCNC(c1cc(C)nc(C)c1)c1c(Cl)cnn1C. The molecule has 0 aliphatic heterocycles. The molecule has 1 unspecified atom stereocenters. The van der Waals surface area contributed by atoms with Crippen molar-refractivity contribution in [3.63, 3.8) is 0 Å². The summed E-state index contributed by atoms with van der Waals surface area (Å²) in [4.78, 5) is 4.42. The van der Waals surface area contributed by atoms with Gasteiger partial charge in [0.25, 0.3) is 0 Å². The Morgan fingerprint density at radius 1 is 1.32 bits per heavy atom. The summed E-state index contributed by atoms with van der Waals surface area (Å²) in [5.74, 6) is 0. The molecule has 2 aromatic rings. The highest BCUT2D eigenvalue weighted by atomic mass is 35.5. The van der Waals surface area contributed by atoms with Gasteiger partial charge in [-0.25, -0.2) is 0 Å². The summed E-state index contributed by atoms with van der Waals surface area (Å²) in [7, 11) is 1.91. The zero-order chi connectivity index (χ0) is 14.0. The maximum absolute atomic E-state index is 6.27. The zero-order valence-electron chi connectivity index (χ0n) is 11.7. The summed E-state index contributed by atoms with van der Waals surface area (Å²) in [6.07, 6.45) is 1.68. The molecule has 1 atom stereocenters. The van der Waals surface area contributed by atoms with Gasteiger partial charge in [0, 0.05) is 18.4 Å². The van der Waals surface area contributed by atoms with Crippen LogP contribution in [0.4, 0.5) is 0 Å². The van der Waals surface area contributed by atoms with E-state index in [9.17, 15) is 0 Å². The molecule has 0 saturated carbocycles. The Kier molecular flexibility index (Phi) is 4.22. The van der Waals surface area contributed by atoms with Crippen LogP contribution < -0.4 is 5.32 Å². The maximum atomic E-state index is 6.27. The van der Waals surface area contributed by atoms with Gasteiger partial charge in [-0.2, -0.15) is 5.10 Å². The summed E-state index contributed by atoms with van der Waals surface area (Å²) in [5, 5.41) is 8.36. The van der Waals surface area contributed by atoms with Crippen molar-refractivity contribution in [2.24, 2.45) is 7.05 Å². The van der Waals surface area contributed by atoms with Crippen molar-refractivity contribution in [3.8, 4) is 0 Å². The Bertz CT molecular complexity index is 537. The van der Waals surface area contributed by atoms with Crippen molar-refractivity contribution in [1.29, 1.82) is 0 Å².